The highest BCUT2D eigenvalue weighted by molar-refractivity contribution is 5.85. The van der Waals surface area contributed by atoms with E-state index in [9.17, 15) is 0 Å². The molecule has 0 saturated heterocycles. The minimum Gasteiger partial charge on any atom is -1.00 e. The maximum atomic E-state index is 2.30. The molecule has 2 nitrogen and oxygen atoms in total. The molecule has 2 aromatic carbocycles. The lowest BCUT2D eigenvalue weighted by molar-refractivity contribution is -0.667. The van der Waals surface area contributed by atoms with Gasteiger partial charge in [0, 0.05) is 36.0 Å². The molecule has 0 fully saturated rings. The topological polar surface area (TPSA) is 7.12 Å². The maximum Gasteiger partial charge on any atom is 0.213 e. The molecule has 0 saturated carbocycles. The maximum absolute atomic E-state index is 2.30. The third-order valence-electron chi connectivity index (χ3n) is 5.99. The number of fused-ring (bicyclic) bond motifs is 2. The van der Waals surface area contributed by atoms with Crippen LogP contribution in [0.15, 0.2) is 90.8 Å². The fourth-order valence-corrected chi connectivity index (χ4v) is 4.40. The number of anilines is 1. The highest BCUT2D eigenvalue weighted by atomic mass is 127. The third kappa shape index (κ3) is 3.95. The summed E-state index contributed by atoms with van der Waals surface area (Å²) in [4.78, 5) is 2.30. The van der Waals surface area contributed by atoms with Gasteiger partial charge in [-0.05, 0) is 36.3 Å². The molecule has 0 amide bonds. The number of nitrogens with zero attached hydrogens (tertiary/aromatic N) is 2. The van der Waals surface area contributed by atoms with Crippen molar-refractivity contribution in [2.75, 3.05) is 11.9 Å². The summed E-state index contributed by atoms with van der Waals surface area (Å²) in [5.41, 5.74) is 6.54. The molecule has 1 aromatic heterocycles. The van der Waals surface area contributed by atoms with Crippen LogP contribution in [0.2, 0.25) is 0 Å². The van der Waals surface area contributed by atoms with Gasteiger partial charge in [0.25, 0.3) is 0 Å². The van der Waals surface area contributed by atoms with Gasteiger partial charge in [-0.1, -0.05) is 68.5 Å². The van der Waals surface area contributed by atoms with Gasteiger partial charge in [-0.15, -0.1) is 0 Å². The second kappa shape index (κ2) is 9.17. The Morgan fingerprint density at radius 3 is 2.43 bits per heavy atom. The Morgan fingerprint density at radius 1 is 0.933 bits per heavy atom. The van der Waals surface area contributed by atoms with Crippen LogP contribution in [0.25, 0.3) is 17.0 Å². The average molecular weight is 508 g/mol. The molecule has 0 spiro atoms. The lowest BCUT2D eigenvalue weighted by Gasteiger charge is -2.23. The van der Waals surface area contributed by atoms with Gasteiger partial charge in [-0.2, -0.15) is 4.57 Å². The molecule has 3 aromatic rings. The van der Waals surface area contributed by atoms with E-state index >= 15 is 0 Å². The van der Waals surface area contributed by atoms with Crippen LogP contribution in [0.5, 0.6) is 0 Å². The number of halogens is 1. The fraction of sp³-hybridized carbons (Fsp3) is 0.222. The molecule has 4 rings (SSSR count). The van der Waals surface area contributed by atoms with Gasteiger partial charge in [0.05, 0.1) is 5.39 Å². The van der Waals surface area contributed by atoms with E-state index in [4.69, 9.17) is 0 Å². The van der Waals surface area contributed by atoms with E-state index in [1.807, 2.05) is 0 Å². The van der Waals surface area contributed by atoms with Gasteiger partial charge < -0.3 is 28.9 Å². The zero-order chi connectivity index (χ0) is 20.4. The number of rotatable bonds is 4. The molecule has 0 unspecified atom stereocenters. The standard InChI is InChI=1S/C27H29N2.HI/c1-5-29-20-19-21(22-14-9-11-16-24(22)29)13-7-6-8-18-26-27(2,3)23-15-10-12-17-25(23)28(26)4;/h6-20H,5H2,1-4H3;1H/q+1;/p-1. The van der Waals surface area contributed by atoms with E-state index in [0.29, 0.717) is 0 Å². The summed E-state index contributed by atoms with van der Waals surface area (Å²) in [6.07, 6.45) is 13.0. The highest BCUT2D eigenvalue weighted by Gasteiger charge is 2.37. The van der Waals surface area contributed by atoms with Crippen LogP contribution in [0.3, 0.4) is 0 Å². The summed E-state index contributed by atoms with van der Waals surface area (Å²) >= 11 is 0. The van der Waals surface area contributed by atoms with E-state index in [2.05, 4.69) is 128 Å². The highest BCUT2D eigenvalue weighted by Crippen LogP contribution is 2.46. The predicted octanol–water partition coefficient (Wildman–Crippen LogP) is 3.03. The molecule has 1 aliphatic heterocycles. The number of hydrogen-bond acceptors (Lipinski definition) is 1. The smallest absolute Gasteiger partial charge is 0.213 e. The first-order valence-electron chi connectivity index (χ1n) is 10.3. The van der Waals surface area contributed by atoms with Gasteiger partial charge in [0.15, 0.2) is 6.20 Å². The van der Waals surface area contributed by atoms with Gasteiger partial charge in [-0.25, -0.2) is 0 Å². The van der Waals surface area contributed by atoms with Gasteiger partial charge in [-0.3, -0.25) is 0 Å². The number of allylic oxidation sites excluding steroid dienone is 5. The molecule has 2 heterocycles. The minimum absolute atomic E-state index is 0. The summed E-state index contributed by atoms with van der Waals surface area (Å²) in [7, 11) is 2.15. The number of aryl methyl sites for hydroxylation is 1. The molecule has 0 N–H and O–H groups in total. The first-order chi connectivity index (χ1) is 14.0. The van der Waals surface area contributed by atoms with Crippen LogP contribution in [0, 0.1) is 0 Å². The molecule has 154 valence electrons. The van der Waals surface area contributed by atoms with Crippen LogP contribution in [0.1, 0.15) is 31.9 Å². The van der Waals surface area contributed by atoms with Crippen molar-refractivity contribution in [2.24, 2.45) is 0 Å². The lowest BCUT2D eigenvalue weighted by Crippen LogP contribution is -3.00. The fourth-order valence-electron chi connectivity index (χ4n) is 4.40. The first kappa shape index (κ1) is 22.3. The molecule has 0 atom stereocenters. The third-order valence-corrected chi connectivity index (χ3v) is 5.99. The van der Waals surface area contributed by atoms with Crippen LogP contribution < -0.4 is 33.4 Å². The number of likely N-dealkylation sites (N-methyl/N-ethyl adjacent to an activating group) is 1. The van der Waals surface area contributed by atoms with Gasteiger partial charge >= 0.3 is 0 Å². The van der Waals surface area contributed by atoms with E-state index in [0.717, 1.165) is 6.54 Å². The lowest BCUT2D eigenvalue weighted by atomic mass is 9.84. The molecule has 0 aliphatic carbocycles. The van der Waals surface area contributed by atoms with Crippen molar-refractivity contribution in [1.29, 1.82) is 0 Å². The van der Waals surface area contributed by atoms with E-state index in [1.54, 1.807) is 0 Å². The second-order valence-corrected chi connectivity index (χ2v) is 8.07. The SMILES string of the molecule is CC[n+]1ccc(/C=C/C=C/C=C2/N(C)c3ccccc3C2(C)C)c2ccccc21.[I-]. The Balaban J connectivity index is 0.00000256. The van der Waals surface area contributed by atoms with Crippen molar-refractivity contribution in [3.8, 4) is 0 Å². The zero-order valence-corrected chi connectivity index (χ0v) is 20.3. The zero-order valence-electron chi connectivity index (χ0n) is 18.1. The number of pyridine rings is 1. The summed E-state index contributed by atoms with van der Waals surface area (Å²) in [6.45, 7) is 7.75. The monoisotopic (exact) mass is 508 g/mol. The Morgan fingerprint density at radius 2 is 1.67 bits per heavy atom. The quantitative estimate of drug-likeness (QED) is 0.299. The summed E-state index contributed by atoms with van der Waals surface area (Å²) in [5.74, 6) is 0. The van der Waals surface area contributed by atoms with E-state index in [1.165, 1.54) is 33.4 Å². The molecule has 30 heavy (non-hydrogen) atoms. The number of benzene rings is 2. The van der Waals surface area contributed by atoms with Gasteiger partial charge in [0.2, 0.25) is 5.52 Å². The molecular formula is C27H29IN2. The number of aromatic nitrogens is 1. The van der Waals surface area contributed by atoms with Crippen molar-refractivity contribution in [2.45, 2.75) is 32.7 Å². The molecule has 3 heteroatoms. The summed E-state index contributed by atoms with van der Waals surface area (Å²) in [5, 5.41) is 1.28. The van der Waals surface area contributed by atoms with E-state index in [-0.39, 0.29) is 29.4 Å². The number of para-hydroxylation sites is 2. The molecule has 0 bridgehead atoms. The van der Waals surface area contributed by atoms with Crippen molar-refractivity contribution in [1.82, 2.24) is 0 Å². The molecule has 1 aliphatic rings. The van der Waals surface area contributed by atoms with Crippen molar-refractivity contribution >= 4 is 22.7 Å². The van der Waals surface area contributed by atoms with Crippen LogP contribution in [0.4, 0.5) is 5.69 Å². The Kier molecular flexibility index (Phi) is 6.81. The van der Waals surface area contributed by atoms with E-state index < -0.39 is 0 Å². The molecule has 0 radical (unpaired) electrons. The normalized spacial score (nSPS) is 16.5. The van der Waals surface area contributed by atoms with Gasteiger partial charge in [0.1, 0.15) is 6.54 Å². The van der Waals surface area contributed by atoms with Crippen molar-refractivity contribution in [3.05, 3.63) is 102 Å². The second-order valence-electron chi connectivity index (χ2n) is 8.07. The molecular weight excluding hydrogens is 479 g/mol. The van der Waals surface area contributed by atoms with Crippen molar-refractivity contribution in [3.63, 3.8) is 0 Å². The summed E-state index contributed by atoms with van der Waals surface area (Å²) in [6, 6.07) is 19.5. The first-order valence-corrected chi connectivity index (χ1v) is 10.3. The van der Waals surface area contributed by atoms with Crippen LogP contribution in [-0.2, 0) is 12.0 Å². The largest absolute Gasteiger partial charge is 1.00 e. The van der Waals surface area contributed by atoms with Crippen LogP contribution >= 0.6 is 0 Å². The summed E-state index contributed by atoms with van der Waals surface area (Å²) < 4.78 is 2.28. The number of hydrogen-bond donors (Lipinski definition) is 0. The average Bonchev–Trinajstić information content (AvgIpc) is 2.94. The van der Waals surface area contributed by atoms with Crippen molar-refractivity contribution < 1.29 is 28.5 Å². The predicted molar refractivity (Wildman–Crippen MR) is 124 cm³/mol. The minimum atomic E-state index is 0. The Hall–Kier alpha value is -2.40. The van der Waals surface area contributed by atoms with Crippen LogP contribution in [-0.4, -0.2) is 7.05 Å². The Bertz CT molecular complexity index is 1140. The Labute approximate surface area is 197 Å².